The number of hydrogen-bond donors (Lipinski definition) is 1. The fourth-order valence-corrected chi connectivity index (χ4v) is 5.08. The second-order valence-corrected chi connectivity index (χ2v) is 7.35. The molecule has 1 aromatic rings. The zero-order valence-electron chi connectivity index (χ0n) is 13.4. The van der Waals surface area contributed by atoms with Crippen LogP contribution >= 0.6 is 0 Å². The van der Waals surface area contributed by atoms with Crippen molar-refractivity contribution < 1.29 is 0 Å². The molecule has 2 heteroatoms. The van der Waals surface area contributed by atoms with Crippen molar-refractivity contribution in [2.24, 2.45) is 0 Å². The van der Waals surface area contributed by atoms with Crippen molar-refractivity contribution in [2.45, 2.75) is 76.5 Å². The molecular weight excluding hydrogens is 256 g/mol. The van der Waals surface area contributed by atoms with Crippen LogP contribution in [0, 0.1) is 6.92 Å². The third kappa shape index (κ3) is 2.43. The molecule has 1 aromatic carbocycles. The van der Waals surface area contributed by atoms with Gasteiger partial charge in [-0.3, -0.25) is 4.90 Å². The van der Waals surface area contributed by atoms with Gasteiger partial charge in [-0.1, -0.05) is 30.7 Å². The third-order valence-electron chi connectivity index (χ3n) is 6.03. The molecule has 2 saturated heterocycles. The molecule has 1 aliphatic carbocycles. The lowest BCUT2D eigenvalue weighted by molar-refractivity contribution is 0.0994. The molecule has 114 valence electrons. The lowest BCUT2D eigenvalue weighted by Gasteiger charge is -2.41. The molecular formula is C19H28N2. The topological polar surface area (TPSA) is 15.3 Å². The van der Waals surface area contributed by atoms with Gasteiger partial charge in [0.05, 0.1) is 0 Å². The van der Waals surface area contributed by atoms with Crippen molar-refractivity contribution in [3.8, 4) is 0 Å². The highest BCUT2D eigenvalue weighted by Crippen LogP contribution is 2.40. The Labute approximate surface area is 128 Å². The molecule has 4 rings (SSSR count). The molecule has 2 bridgehead atoms. The normalized spacial score (nSPS) is 34.4. The summed E-state index contributed by atoms with van der Waals surface area (Å²) in [4.78, 5) is 2.83. The summed E-state index contributed by atoms with van der Waals surface area (Å²) in [5, 5.41) is 3.79. The second-order valence-electron chi connectivity index (χ2n) is 7.35. The fourth-order valence-electron chi connectivity index (χ4n) is 5.08. The molecule has 3 unspecified atom stereocenters. The summed E-state index contributed by atoms with van der Waals surface area (Å²) < 4.78 is 0. The lowest BCUT2D eigenvalue weighted by Crippen LogP contribution is -2.49. The molecule has 0 spiro atoms. The smallest absolute Gasteiger partial charge is 0.0356 e. The van der Waals surface area contributed by atoms with Crippen LogP contribution in [0.3, 0.4) is 0 Å². The molecule has 3 atom stereocenters. The SMILES string of the molecule is CCN(C1CC2CCC(C1)N2)C1CCc2ccc(C)cc21. The average molecular weight is 284 g/mol. The zero-order valence-corrected chi connectivity index (χ0v) is 13.4. The van der Waals surface area contributed by atoms with Gasteiger partial charge < -0.3 is 5.32 Å². The van der Waals surface area contributed by atoms with E-state index in [0.29, 0.717) is 6.04 Å². The highest BCUT2D eigenvalue weighted by Gasteiger charge is 2.39. The van der Waals surface area contributed by atoms with Crippen LogP contribution in [0.5, 0.6) is 0 Å². The monoisotopic (exact) mass is 284 g/mol. The van der Waals surface area contributed by atoms with Crippen LogP contribution in [0.25, 0.3) is 0 Å². The number of rotatable bonds is 3. The summed E-state index contributed by atoms with van der Waals surface area (Å²) in [7, 11) is 0. The molecule has 3 aliphatic rings. The maximum Gasteiger partial charge on any atom is 0.0356 e. The van der Waals surface area contributed by atoms with Crippen molar-refractivity contribution >= 4 is 0 Å². The fraction of sp³-hybridized carbons (Fsp3) is 0.684. The summed E-state index contributed by atoms with van der Waals surface area (Å²) in [5.74, 6) is 0. The molecule has 0 aromatic heterocycles. The number of piperidine rings is 1. The van der Waals surface area contributed by atoms with Gasteiger partial charge in [-0.05, 0) is 63.1 Å². The van der Waals surface area contributed by atoms with Crippen molar-refractivity contribution in [3.63, 3.8) is 0 Å². The predicted octanol–water partition coefficient (Wildman–Crippen LogP) is 3.59. The van der Waals surface area contributed by atoms with E-state index in [4.69, 9.17) is 0 Å². The first-order valence-electron chi connectivity index (χ1n) is 8.86. The standard InChI is InChI=1S/C19H28N2/c1-3-21(17-11-15-7-8-16(12-17)20-15)19-9-6-14-5-4-13(2)10-18(14)19/h4-5,10,15-17,19-20H,3,6-9,11-12H2,1-2H3. The lowest BCUT2D eigenvalue weighted by atomic mass is 9.95. The van der Waals surface area contributed by atoms with E-state index in [-0.39, 0.29) is 0 Å². The molecule has 1 N–H and O–H groups in total. The van der Waals surface area contributed by atoms with Gasteiger partial charge in [0.1, 0.15) is 0 Å². The number of fused-ring (bicyclic) bond motifs is 3. The maximum atomic E-state index is 3.79. The van der Waals surface area contributed by atoms with Gasteiger partial charge in [0.15, 0.2) is 0 Å². The Balaban J connectivity index is 1.59. The first-order valence-corrected chi connectivity index (χ1v) is 8.86. The van der Waals surface area contributed by atoms with Crippen molar-refractivity contribution in [1.82, 2.24) is 10.2 Å². The average Bonchev–Trinajstić information content (AvgIpc) is 3.04. The molecule has 2 aliphatic heterocycles. The maximum absolute atomic E-state index is 3.79. The second kappa shape index (κ2) is 5.40. The first kappa shape index (κ1) is 13.8. The third-order valence-corrected chi connectivity index (χ3v) is 6.03. The number of nitrogens with one attached hydrogen (secondary N) is 1. The van der Waals surface area contributed by atoms with E-state index in [1.54, 1.807) is 11.1 Å². The Morgan fingerprint density at radius 3 is 2.62 bits per heavy atom. The quantitative estimate of drug-likeness (QED) is 0.912. The zero-order chi connectivity index (χ0) is 14.4. The van der Waals surface area contributed by atoms with Crippen LogP contribution in [-0.2, 0) is 6.42 Å². The van der Waals surface area contributed by atoms with E-state index in [1.165, 1.54) is 50.6 Å². The molecule has 0 saturated carbocycles. The van der Waals surface area contributed by atoms with Crippen LogP contribution < -0.4 is 5.32 Å². The van der Waals surface area contributed by atoms with Gasteiger partial charge in [-0.2, -0.15) is 0 Å². The Bertz CT molecular complexity index is 512. The van der Waals surface area contributed by atoms with Gasteiger partial charge in [-0.25, -0.2) is 0 Å². The van der Waals surface area contributed by atoms with Gasteiger partial charge in [0, 0.05) is 24.2 Å². The molecule has 0 amide bonds. The summed E-state index contributed by atoms with van der Waals surface area (Å²) >= 11 is 0. The minimum absolute atomic E-state index is 0.674. The minimum atomic E-state index is 0.674. The van der Waals surface area contributed by atoms with Crippen LogP contribution in [0.4, 0.5) is 0 Å². The van der Waals surface area contributed by atoms with E-state index < -0.39 is 0 Å². The minimum Gasteiger partial charge on any atom is -0.311 e. The Hall–Kier alpha value is -0.860. The number of aryl methyl sites for hydroxylation is 2. The van der Waals surface area contributed by atoms with E-state index in [2.05, 4.69) is 42.3 Å². The molecule has 2 heterocycles. The first-order chi connectivity index (χ1) is 10.2. The molecule has 0 radical (unpaired) electrons. The summed E-state index contributed by atoms with van der Waals surface area (Å²) in [6.07, 6.45) is 8.13. The molecule has 21 heavy (non-hydrogen) atoms. The Morgan fingerprint density at radius 1 is 1.14 bits per heavy atom. The highest BCUT2D eigenvalue weighted by molar-refractivity contribution is 5.37. The van der Waals surface area contributed by atoms with Gasteiger partial charge >= 0.3 is 0 Å². The van der Waals surface area contributed by atoms with Crippen LogP contribution in [0.15, 0.2) is 18.2 Å². The van der Waals surface area contributed by atoms with Crippen molar-refractivity contribution in [3.05, 3.63) is 34.9 Å². The molecule has 2 nitrogen and oxygen atoms in total. The van der Waals surface area contributed by atoms with Crippen LogP contribution in [0.2, 0.25) is 0 Å². The summed E-state index contributed by atoms with van der Waals surface area (Å²) in [6.45, 7) is 5.79. The van der Waals surface area contributed by atoms with Gasteiger partial charge in [-0.15, -0.1) is 0 Å². The van der Waals surface area contributed by atoms with Crippen molar-refractivity contribution in [2.75, 3.05) is 6.54 Å². The highest BCUT2D eigenvalue weighted by atomic mass is 15.2. The Morgan fingerprint density at radius 2 is 1.90 bits per heavy atom. The van der Waals surface area contributed by atoms with Gasteiger partial charge in [0.25, 0.3) is 0 Å². The number of nitrogens with zero attached hydrogens (tertiary/aromatic N) is 1. The predicted molar refractivity (Wildman–Crippen MR) is 87.6 cm³/mol. The van der Waals surface area contributed by atoms with Crippen LogP contribution in [-0.4, -0.2) is 29.6 Å². The van der Waals surface area contributed by atoms with E-state index in [1.807, 2.05) is 0 Å². The number of hydrogen-bond acceptors (Lipinski definition) is 2. The van der Waals surface area contributed by atoms with Crippen LogP contribution in [0.1, 0.15) is 61.8 Å². The summed E-state index contributed by atoms with van der Waals surface area (Å²) in [5.41, 5.74) is 4.64. The van der Waals surface area contributed by atoms with E-state index >= 15 is 0 Å². The Kier molecular flexibility index (Phi) is 3.55. The van der Waals surface area contributed by atoms with Gasteiger partial charge in [0.2, 0.25) is 0 Å². The van der Waals surface area contributed by atoms with Crippen molar-refractivity contribution in [1.29, 1.82) is 0 Å². The van der Waals surface area contributed by atoms with E-state index in [0.717, 1.165) is 18.1 Å². The summed E-state index contributed by atoms with van der Waals surface area (Å²) in [6, 6.07) is 10.2. The van der Waals surface area contributed by atoms with E-state index in [9.17, 15) is 0 Å². The number of benzene rings is 1. The largest absolute Gasteiger partial charge is 0.311 e. The molecule has 2 fully saturated rings.